The molecule has 0 saturated carbocycles. The van der Waals surface area contributed by atoms with Crippen LogP contribution in [0.1, 0.15) is 44.9 Å². The van der Waals surface area contributed by atoms with Gasteiger partial charge < -0.3 is 5.32 Å². The van der Waals surface area contributed by atoms with Gasteiger partial charge in [0.1, 0.15) is 0 Å². The lowest BCUT2D eigenvalue weighted by Crippen LogP contribution is -2.17. The van der Waals surface area contributed by atoms with Gasteiger partial charge in [0.2, 0.25) is 0 Å². The van der Waals surface area contributed by atoms with E-state index in [0.29, 0.717) is 6.42 Å². The summed E-state index contributed by atoms with van der Waals surface area (Å²) in [5.41, 5.74) is 0. The first kappa shape index (κ1) is 18.2. The minimum atomic E-state index is -4.25. The standard InChI is InChI=1S/C11H25NO4S2/c13-18(14,15)16-10-7-5-3-1-2-4-6-8-12-9-11-17/h12,17H,1-11H2,(H,13,14,15). The highest BCUT2D eigenvalue weighted by Crippen LogP contribution is 2.07. The average Bonchev–Trinajstić information content (AvgIpc) is 2.29. The highest BCUT2D eigenvalue weighted by atomic mass is 32.3. The Balaban J connectivity index is 3.03. The molecule has 0 rings (SSSR count). The first-order valence-electron chi connectivity index (χ1n) is 6.49. The van der Waals surface area contributed by atoms with Crippen molar-refractivity contribution in [3.8, 4) is 0 Å². The van der Waals surface area contributed by atoms with Gasteiger partial charge in [0.05, 0.1) is 6.61 Å². The smallest absolute Gasteiger partial charge is 0.316 e. The van der Waals surface area contributed by atoms with Crippen LogP contribution in [0.2, 0.25) is 0 Å². The summed E-state index contributed by atoms with van der Waals surface area (Å²) in [5.74, 6) is 0.881. The van der Waals surface area contributed by atoms with Crippen LogP contribution in [0.25, 0.3) is 0 Å². The van der Waals surface area contributed by atoms with Crippen molar-refractivity contribution in [3.05, 3.63) is 0 Å². The molecule has 5 nitrogen and oxygen atoms in total. The van der Waals surface area contributed by atoms with Crippen LogP contribution in [-0.2, 0) is 14.6 Å². The van der Waals surface area contributed by atoms with Crippen molar-refractivity contribution in [1.29, 1.82) is 0 Å². The fourth-order valence-electron chi connectivity index (χ4n) is 1.60. The monoisotopic (exact) mass is 299 g/mol. The third-order valence-corrected chi connectivity index (χ3v) is 3.21. The van der Waals surface area contributed by atoms with Crippen LogP contribution in [0.3, 0.4) is 0 Å². The molecule has 2 N–H and O–H groups in total. The summed E-state index contributed by atoms with van der Waals surface area (Å²) in [4.78, 5) is 0. The third kappa shape index (κ3) is 16.2. The minimum absolute atomic E-state index is 0.0759. The van der Waals surface area contributed by atoms with Crippen molar-refractivity contribution in [3.63, 3.8) is 0 Å². The molecule has 0 aliphatic heterocycles. The fraction of sp³-hybridized carbons (Fsp3) is 1.00. The van der Waals surface area contributed by atoms with Gasteiger partial charge in [-0.05, 0) is 19.4 Å². The van der Waals surface area contributed by atoms with Gasteiger partial charge in [-0.25, -0.2) is 4.18 Å². The van der Waals surface area contributed by atoms with E-state index in [-0.39, 0.29) is 6.61 Å². The van der Waals surface area contributed by atoms with E-state index in [1.807, 2.05) is 0 Å². The van der Waals surface area contributed by atoms with Gasteiger partial charge in [-0.1, -0.05) is 32.1 Å². The SMILES string of the molecule is O=S(=O)(O)OCCCCCCCCCNCCS. The predicted molar refractivity (Wildman–Crippen MR) is 76.5 cm³/mol. The molecule has 110 valence electrons. The van der Waals surface area contributed by atoms with Crippen LogP contribution in [0.15, 0.2) is 0 Å². The number of unbranched alkanes of at least 4 members (excludes halogenated alkanes) is 6. The molecule has 0 saturated heterocycles. The Hall–Kier alpha value is 0.180. The van der Waals surface area contributed by atoms with Crippen molar-refractivity contribution < 1.29 is 17.2 Å². The maximum atomic E-state index is 10.2. The number of nitrogens with one attached hydrogen (secondary N) is 1. The molecule has 0 atom stereocenters. The predicted octanol–water partition coefficient (Wildman–Crippen LogP) is 2.06. The molecule has 0 radical (unpaired) electrons. The Morgan fingerprint density at radius 1 is 0.944 bits per heavy atom. The Morgan fingerprint density at radius 3 is 2.06 bits per heavy atom. The third-order valence-electron chi connectivity index (χ3n) is 2.52. The molecule has 0 aliphatic carbocycles. The molecular formula is C11H25NO4S2. The highest BCUT2D eigenvalue weighted by molar-refractivity contribution is 7.80. The lowest BCUT2D eigenvalue weighted by molar-refractivity contribution is 0.261. The van der Waals surface area contributed by atoms with Crippen LogP contribution in [0.5, 0.6) is 0 Å². The van der Waals surface area contributed by atoms with Gasteiger partial charge in [-0.3, -0.25) is 4.55 Å². The Morgan fingerprint density at radius 2 is 1.50 bits per heavy atom. The van der Waals surface area contributed by atoms with Crippen LogP contribution >= 0.6 is 12.6 Å². The lowest BCUT2D eigenvalue weighted by Gasteiger charge is -2.03. The van der Waals surface area contributed by atoms with Gasteiger partial charge in [0, 0.05) is 12.3 Å². The van der Waals surface area contributed by atoms with Gasteiger partial charge in [-0.2, -0.15) is 21.0 Å². The Labute approximate surface area is 116 Å². The van der Waals surface area contributed by atoms with Crippen LogP contribution in [-0.4, -0.2) is 38.4 Å². The quantitative estimate of drug-likeness (QED) is 0.276. The van der Waals surface area contributed by atoms with E-state index in [2.05, 4.69) is 22.1 Å². The first-order chi connectivity index (χ1) is 8.56. The summed E-state index contributed by atoms with van der Waals surface area (Å²) in [7, 11) is -4.25. The number of hydrogen-bond acceptors (Lipinski definition) is 5. The van der Waals surface area contributed by atoms with Crippen molar-refractivity contribution in [2.45, 2.75) is 44.9 Å². The van der Waals surface area contributed by atoms with Crippen LogP contribution in [0.4, 0.5) is 0 Å². The molecule has 0 aromatic rings. The number of rotatable bonds is 13. The topological polar surface area (TPSA) is 75.6 Å². The molecule has 0 heterocycles. The highest BCUT2D eigenvalue weighted by Gasteiger charge is 2.02. The van der Waals surface area contributed by atoms with E-state index in [9.17, 15) is 8.42 Å². The molecule has 0 aliphatic rings. The van der Waals surface area contributed by atoms with E-state index in [1.165, 1.54) is 25.7 Å². The molecule has 0 bridgehead atoms. The van der Waals surface area contributed by atoms with E-state index in [1.54, 1.807) is 0 Å². The second-order valence-corrected chi connectivity index (χ2v) is 5.74. The van der Waals surface area contributed by atoms with Crippen molar-refractivity contribution in [2.75, 3.05) is 25.4 Å². The molecule has 0 unspecified atom stereocenters. The van der Waals surface area contributed by atoms with E-state index in [0.717, 1.165) is 31.7 Å². The fourth-order valence-corrected chi connectivity index (χ4v) is 2.09. The van der Waals surface area contributed by atoms with Gasteiger partial charge in [-0.15, -0.1) is 0 Å². The van der Waals surface area contributed by atoms with Gasteiger partial charge in [0.25, 0.3) is 0 Å². The average molecular weight is 299 g/mol. The summed E-state index contributed by atoms with van der Waals surface area (Å²) in [6, 6.07) is 0. The Kier molecular flexibility index (Phi) is 12.3. The van der Waals surface area contributed by atoms with E-state index < -0.39 is 10.4 Å². The molecule has 18 heavy (non-hydrogen) atoms. The zero-order valence-electron chi connectivity index (χ0n) is 10.8. The van der Waals surface area contributed by atoms with Crippen molar-refractivity contribution in [1.82, 2.24) is 5.32 Å². The second-order valence-electron chi connectivity index (χ2n) is 4.20. The number of thiol groups is 1. The normalized spacial score (nSPS) is 11.9. The van der Waals surface area contributed by atoms with Crippen molar-refractivity contribution in [2.24, 2.45) is 0 Å². The molecule has 0 aromatic heterocycles. The summed E-state index contributed by atoms with van der Waals surface area (Å²) in [6.45, 7) is 2.10. The van der Waals surface area contributed by atoms with Gasteiger partial charge in [0.15, 0.2) is 0 Å². The summed E-state index contributed by atoms with van der Waals surface area (Å²) in [6.07, 6.45) is 7.48. The summed E-state index contributed by atoms with van der Waals surface area (Å²) in [5, 5.41) is 3.29. The summed E-state index contributed by atoms with van der Waals surface area (Å²) >= 11 is 4.11. The first-order valence-corrected chi connectivity index (χ1v) is 8.49. The van der Waals surface area contributed by atoms with Gasteiger partial charge >= 0.3 is 10.4 Å². The van der Waals surface area contributed by atoms with E-state index in [4.69, 9.17) is 4.55 Å². The van der Waals surface area contributed by atoms with Crippen LogP contribution < -0.4 is 5.32 Å². The maximum Gasteiger partial charge on any atom is 0.397 e. The molecule has 0 spiro atoms. The maximum absolute atomic E-state index is 10.2. The van der Waals surface area contributed by atoms with Crippen LogP contribution in [0, 0.1) is 0 Å². The zero-order valence-corrected chi connectivity index (χ0v) is 12.5. The Bertz CT molecular complexity index is 270. The van der Waals surface area contributed by atoms with Crippen molar-refractivity contribution >= 4 is 23.0 Å². The lowest BCUT2D eigenvalue weighted by atomic mass is 10.1. The second kappa shape index (κ2) is 12.2. The number of hydrogen-bond donors (Lipinski definition) is 3. The summed E-state index contributed by atoms with van der Waals surface area (Å²) < 4.78 is 33.0. The largest absolute Gasteiger partial charge is 0.397 e. The molecule has 7 heteroatoms. The molecule has 0 aromatic carbocycles. The van der Waals surface area contributed by atoms with E-state index >= 15 is 0 Å². The molecular weight excluding hydrogens is 274 g/mol. The zero-order chi connectivity index (χ0) is 13.7. The molecule has 0 amide bonds. The minimum Gasteiger partial charge on any atom is -0.316 e. The molecule has 0 fully saturated rings.